The van der Waals surface area contributed by atoms with Crippen LogP contribution in [0.4, 0.5) is 5.82 Å². The van der Waals surface area contributed by atoms with Crippen molar-refractivity contribution < 1.29 is 0 Å². The van der Waals surface area contributed by atoms with E-state index in [1.165, 1.54) is 0 Å². The minimum absolute atomic E-state index is 0.0401. The smallest absolute Gasteiger partial charge is 0.128 e. The molecular weight excluding hydrogens is 226 g/mol. The molecule has 5 nitrogen and oxygen atoms in total. The average molecular weight is 243 g/mol. The van der Waals surface area contributed by atoms with Crippen molar-refractivity contribution in [1.82, 2.24) is 20.3 Å². The fraction of sp³-hybridized carbons (Fsp3) is 0.308. The molecule has 18 heavy (non-hydrogen) atoms. The van der Waals surface area contributed by atoms with E-state index in [0.717, 1.165) is 24.2 Å². The normalized spacial score (nSPS) is 12.3. The van der Waals surface area contributed by atoms with Gasteiger partial charge in [0.2, 0.25) is 0 Å². The molecule has 2 rings (SSSR count). The zero-order chi connectivity index (χ0) is 12.8. The highest BCUT2D eigenvalue weighted by Crippen LogP contribution is 2.23. The fourth-order valence-corrected chi connectivity index (χ4v) is 1.81. The lowest BCUT2D eigenvalue weighted by Gasteiger charge is -2.19. The van der Waals surface area contributed by atoms with Crippen LogP contribution in [0.5, 0.6) is 0 Å². The van der Waals surface area contributed by atoms with Gasteiger partial charge < -0.3 is 11.1 Å². The number of nitrogens with two attached hydrogens (primary N) is 1. The van der Waals surface area contributed by atoms with Crippen LogP contribution in [0, 0.1) is 0 Å². The van der Waals surface area contributed by atoms with Crippen LogP contribution in [0.3, 0.4) is 0 Å². The van der Waals surface area contributed by atoms with Gasteiger partial charge in [-0.15, -0.1) is 0 Å². The molecule has 2 heterocycles. The number of nitrogen functional groups attached to an aromatic ring is 1. The first-order chi connectivity index (χ1) is 8.83. The molecule has 2 aromatic rings. The van der Waals surface area contributed by atoms with Gasteiger partial charge in [0.1, 0.15) is 12.1 Å². The highest BCUT2D eigenvalue weighted by Gasteiger charge is 2.17. The van der Waals surface area contributed by atoms with Crippen LogP contribution >= 0.6 is 0 Å². The second kappa shape index (κ2) is 6.07. The Kier molecular flexibility index (Phi) is 4.20. The standard InChI is InChI=1S/C13H17N5/c1-2-6-16-12(11-5-8-15-9-18-11)10-4-3-7-17-13(10)14/h3-5,7-9,12,16H,2,6H2,1H3,(H2,14,17). The van der Waals surface area contributed by atoms with Gasteiger partial charge >= 0.3 is 0 Å². The van der Waals surface area contributed by atoms with Crippen LogP contribution in [0.15, 0.2) is 36.9 Å². The monoisotopic (exact) mass is 243 g/mol. The number of rotatable bonds is 5. The maximum Gasteiger partial charge on any atom is 0.128 e. The number of hydrogen-bond acceptors (Lipinski definition) is 5. The molecule has 0 spiro atoms. The minimum Gasteiger partial charge on any atom is -0.383 e. The van der Waals surface area contributed by atoms with Crippen LogP contribution in [0.25, 0.3) is 0 Å². The van der Waals surface area contributed by atoms with Crippen molar-refractivity contribution >= 4 is 5.82 Å². The van der Waals surface area contributed by atoms with Crippen molar-refractivity contribution in [1.29, 1.82) is 0 Å². The van der Waals surface area contributed by atoms with Crippen LogP contribution in [-0.2, 0) is 0 Å². The second-order valence-electron chi connectivity index (χ2n) is 4.00. The van der Waals surface area contributed by atoms with E-state index in [2.05, 4.69) is 27.2 Å². The molecule has 0 bridgehead atoms. The predicted octanol–water partition coefficient (Wildman–Crippen LogP) is 1.54. The van der Waals surface area contributed by atoms with Gasteiger partial charge in [-0.25, -0.2) is 15.0 Å². The first-order valence-electron chi connectivity index (χ1n) is 6.02. The summed E-state index contributed by atoms with van der Waals surface area (Å²) in [6, 6.07) is 5.70. The maximum absolute atomic E-state index is 5.94. The van der Waals surface area contributed by atoms with E-state index < -0.39 is 0 Å². The maximum atomic E-state index is 5.94. The molecule has 94 valence electrons. The summed E-state index contributed by atoms with van der Waals surface area (Å²) >= 11 is 0. The van der Waals surface area contributed by atoms with Gasteiger partial charge in [0.05, 0.1) is 11.7 Å². The molecule has 1 atom stereocenters. The molecule has 0 amide bonds. The first kappa shape index (κ1) is 12.4. The van der Waals surface area contributed by atoms with E-state index in [-0.39, 0.29) is 6.04 Å². The lowest BCUT2D eigenvalue weighted by atomic mass is 10.0. The quantitative estimate of drug-likeness (QED) is 0.833. The highest BCUT2D eigenvalue weighted by atomic mass is 15.0. The van der Waals surface area contributed by atoms with Gasteiger partial charge in [-0.2, -0.15) is 0 Å². The van der Waals surface area contributed by atoms with Crippen molar-refractivity contribution in [3.63, 3.8) is 0 Å². The average Bonchev–Trinajstić information content (AvgIpc) is 2.42. The van der Waals surface area contributed by atoms with E-state index in [9.17, 15) is 0 Å². The molecule has 0 aliphatic rings. The Morgan fingerprint density at radius 3 is 2.83 bits per heavy atom. The summed E-state index contributed by atoms with van der Waals surface area (Å²) in [7, 11) is 0. The Hall–Kier alpha value is -2.01. The Bertz CT molecular complexity index is 486. The number of nitrogens with one attached hydrogen (secondary N) is 1. The molecule has 1 unspecified atom stereocenters. The van der Waals surface area contributed by atoms with Gasteiger partial charge in [-0.05, 0) is 25.1 Å². The highest BCUT2D eigenvalue weighted by molar-refractivity contribution is 5.44. The summed E-state index contributed by atoms with van der Waals surface area (Å²) < 4.78 is 0. The summed E-state index contributed by atoms with van der Waals surface area (Å²) in [5, 5.41) is 3.43. The van der Waals surface area contributed by atoms with Gasteiger partial charge in [-0.3, -0.25) is 0 Å². The Morgan fingerprint density at radius 1 is 1.28 bits per heavy atom. The summed E-state index contributed by atoms with van der Waals surface area (Å²) in [6.45, 7) is 3.01. The van der Waals surface area contributed by atoms with Gasteiger partial charge in [0.25, 0.3) is 0 Å². The third-order valence-corrected chi connectivity index (χ3v) is 2.68. The van der Waals surface area contributed by atoms with Gasteiger partial charge in [0.15, 0.2) is 0 Å². The number of aromatic nitrogens is 3. The molecule has 0 radical (unpaired) electrons. The number of anilines is 1. The van der Waals surface area contributed by atoms with Crippen molar-refractivity contribution in [2.45, 2.75) is 19.4 Å². The minimum atomic E-state index is -0.0401. The fourth-order valence-electron chi connectivity index (χ4n) is 1.81. The number of nitrogens with zero attached hydrogens (tertiary/aromatic N) is 3. The first-order valence-corrected chi connectivity index (χ1v) is 6.02. The van der Waals surface area contributed by atoms with E-state index in [1.54, 1.807) is 18.7 Å². The molecule has 0 fully saturated rings. The molecule has 3 N–H and O–H groups in total. The van der Waals surface area contributed by atoms with E-state index >= 15 is 0 Å². The summed E-state index contributed by atoms with van der Waals surface area (Å²) in [6.07, 6.45) is 6.01. The SMILES string of the molecule is CCCNC(c1ccncn1)c1cccnc1N. The summed E-state index contributed by atoms with van der Waals surface area (Å²) in [5.41, 5.74) is 7.79. The molecule has 0 aromatic carbocycles. The summed E-state index contributed by atoms with van der Waals surface area (Å²) in [4.78, 5) is 12.4. The van der Waals surface area contributed by atoms with Crippen molar-refractivity contribution in [3.05, 3.63) is 48.2 Å². The van der Waals surface area contributed by atoms with Gasteiger partial charge in [-0.1, -0.05) is 13.0 Å². The van der Waals surface area contributed by atoms with Crippen molar-refractivity contribution in [2.24, 2.45) is 0 Å². The molecule has 0 aliphatic heterocycles. The topological polar surface area (TPSA) is 76.7 Å². The van der Waals surface area contributed by atoms with Crippen molar-refractivity contribution in [3.8, 4) is 0 Å². The zero-order valence-corrected chi connectivity index (χ0v) is 10.4. The molecule has 5 heteroatoms. The lowest BCUT2D eigenvalue weighted by molar-refractivity contribution is 0.585. The number of hydrogen-bond donors (Lipinski definition) is 2. The predicted molar refractivity (Wildman–Crippen MR) is 70.8 cm³/mol. The third kappa shape index (κ3) is 2.81. The Morgan fingerprint density at radius 2 is 2.17 bits per heavy atom. The zero-order valence-electron chi connectivity index (χ0n) is 10.4. The molecule has 0 saturated carbocycles. The lowest BCUT2D eigenvalue weighted by Crippen LogP contribution is -2.25. The molecule has 2 aromatic heterocycles. The van der Waals surface area contributed by atoms with Crippen LogP contribution in [0.1, 0.15) is 30.6 Å². The van der Waals surface area contributed by atoms with Crippen LogP contribution in [0.2, 0.25) is 0 Å². The van der Waals surface area contributed by atoms with E-state index in [0.29, 0.717) is 5.82 Å². The van der Waals surface area contributed by atoms with Gasteiger partial charge in [0, 0.05) is 18.0 Å². The van der Waals surface area contributed by atoms with E-state index in [4.69, 9.17) is 5.73 Å². The Labute approximate surface area is 106 Å². The third-order valence-electron chi connectivity index (χ3n) is 2.68. The Balaban J connectivity index is 2.34. The molecule has 0 saturated heterocycles. The summed E-state index contributed by atoms with van der Waals surface area (Å²) in [5.74, 6) is 0.532. The molecular formula is C13H17N5. The van der Waals surface area contributed by atoms with Crippen LogP contribution in [-0.4, -0.2) is 21.5 Å². The number of pyridine rings is 1. The van der Waals surface area contributed by atoms with Crippen LogP contribution < -0.4 is 11.1 Å². The van der Waals surface area contributed by atoms with E-state index in [1.807, 2.05) is 18.2 Å². The second-order valence-corrected chi connectivity index (χ2v) is 4.00. The molecule has 0 aliphatic carbocycles. The largest absolute Gasteiger partial charge is 0.383 e. The van der Waals surface area contributed by atoms with Crippen molar-refractivity contribution in [2.75, 3.05) is 12.3 Å².